The first-order chi connectivity index (χ1) is 6.25. The predicted octanol–water partition coefficient (Wildman–Crippen LogP) is -0.816. The molecule has 2 N–H and O–H groups in total. The molecule has 13 heavy (non-hydrogen) atoms. The van der Waals surface area contributed by atoms with E-state index in [2.05, 4.69) is 9.55 Å². The minimum atomic E-state index is -0.278. The van der Waals surface area contributed by atoms with E-state index in [-0.39, 0.29) is 5.91 Å². The van der Waals surface area contributed by atoms with Crippen molar-refractivity contribution in [1.29, 1.82) is 0 Å². The lowest BCUT2D eigenvalue weighted by Crippen LogP contribution is -2.39. The average molecular weight is 180 g/mol. The number of primary amides is 1. The summed E-state index contributed by atoms with van der Waals surface area (Å²) in [6.45, 7) is 2.80. The van der Waals surface area contributed by atoms with Gasteiger partial charge in [-0.1, -0.05) is 0 Å². The molecule has 0 saturated heterocycles. The Morgan fingerprint density at radius 1 is 1.62 bits per heavy atom. The summed E-state index contributed by atoms with van der Waals surface area (Å²) in [5, 5.41) is 0. The average Bonchev–Trinajstić information content (AvgIpc) is 2.49. The molecule has 1 aromatic rings. The lowest BCUT2D eigenvalue weighted by molar-refractivity contribution is -0.119. The van der Waals surface area contributed by atoms with E-state index in [0.29, 0.717) is 6.54 Å². The van der Waals surface area contributed by atoms with Gasteiger partial charge in [-0.15, -0.1) is 0 Å². The van der Waals surface area contributed by atoms with Crippen LogP contribution in [0.5, 0.6) is 0 Å². The zero-order chi connectivity index (χ0) is 9.26. The Morgan fingerprint density at radius 3 is 3.23 bits per heavy atom. The number of rotatable bonds is 2. The summed E-state index contributed by atoms with van der Waals surface area (Å²) in [6, 6.07) is 0. The molecule has 0 aliphatic carbocycles. The zero-order valence-electron chi connectivity index (χ0n) is 7.31. The molecular formula is C8H12N4O. The molecule has 5 heteroatoms. The van der Waals surface area contributed by atoms with E-state index in [0.717, 1.165) is 25.5 Å². The second-order valence-electron chi connectivity index (χ2n) is 3.21. The molecule has 0 bridgehead atoms. The summed E-state index contributed by atoms with van der Waals surface area (Å²) >= 11 is 0. The van der Waals surface area contributed by atoms with Crippen molar-refractivity contribution < 1.29 is 4.79 Å². The number of nitrogens with two attached hydrogens (primary N) is 1. The summed E-state index contributed by atoms with van der Waals surface area (Å²) in [6.07, 6.45) is 3.74. The molecule has 2 rings (SSSR count). The molecular weight excluding hydrogens is 168 g/mol. The van der Waals surface area contributed by atoms with E-state index in [1.165, 1.54) is 0 Å². The smallest absolute Gasteiger partial charge is 0.231 e. The highest BCUT2D eigenvalue weighted by Crippen LogP contribution is 2.08. The second kappa shape index (κ2) is 3.18. The standard InChI is InChI=1S/C8H12N4O/c9-7(13)5-11-3-4-12-2-1-10-8(12)6-11/h1-2H,3-6H2,(H2,9,13). The maximum Gasteiger partial charge on any atom is 0.231 e. The molecule has 1 amide bonds. The van der Waals surface area contributed by atoms with Crippen LogP contribution in [0.1, 0.15) is 5.82 Å². The minimum absolute atomic E-state index is 0.278. The maximum absolute atomic E-state index is 10.7. The van der Waals surface area contributed by atoms with Crippen molar-refractivity contribution in [1.82, 2.24) is 14.5 Å². The molecule has 5 nitrogen and oxygen atoms in total. The fourth-order valence-corrected chi connectivity index (χ4v) is 1.58. The Labute approximate surface area is 76.2 Å². The summed E-state index contributed by atoms with van der Waals surface area (Å²) < 4.78 is 2.09. The molecule has 0 atom stereocenters. The topological polar surface area (TPSA) is 64.2 Å². The van der Waals surface area contributed by atoms with E-state index in [9.17, 15) is 4.79 Å². The number of aromatic nitrogens is 2. The molecule has 0 saturated carbocycles. The van der Waals surface area contributed by atoms with Gasteiger partial charge in [-0.05, 0) is 0 Å². The monoisotopic (exact) mass is 180 g/mol. The minimum Gasteiger partial charge on any atom is -0.369 e. The van der Waals surface area contributed by atoms with Crippen molar-refractivity contribution in [2.45, 2.75) is 13.1 Å². The Balaban J connectivity index is 2.04. The van der Waals surface area contributed by atoms with Gasteiger partial charge in [0.2, 0.25) is 5.91 Å². The van der Waals surface area contributed by atoms with Crippen molar-refractivity contribution in [2.24, 2.45) is 5.73 Å². The van der Waals surface area contributed by atoms with E-state index in [1.807, 2.05) is 11.1 Å². The molecule has 0 fully saturated rings. The van der Waals surface area contributed by atoms with Crippen LogP contribution in [0.15, 0.2) is 12.4 Å². The molecule has 0 spiro atoms. The fourth-order valence-electron chi connectivity index (χ4n) is 1.58. The van der Waals surface area contributed by atoms with Crippen LogP contribution in [-0.2, 0) is 17.9 Å². The lowest BCUT2D eigenvalue weighted by Gasteiger charge is -2.25. The van der Waals surface area contributed by atoms with E-state index in [1.54, 1.807) is 6.20 Å². The molecule has 1 aliphatic heterocycles. The van der Waals surface area contributed by atoms with Gasteiger partial charge in [0, 0.05) is 25.5 Å². The SMILES string of the molecule is NC(=O)CN1CCn2ccnc2C1. The molecule has 0 aromatic carbocycles. The zero-order valence-corrected chi connectivity index (χ0v) is 7.31. The number of imidazole rings is 1. The Bertz CT molecular complexity index is 320. The Kier molecular flexibility index (Phi) is 2.02. The van der Waals surface area contributed by atoms with Crippen molar-refractivity contribution in [3.05, 3.63) is 18.2 Å². The summed E-state index contributed by atoms with van der Waals surface area (Å²) in [5.41, 5.74) is 5.11. The fraction of sp³-hybridized carbons (Fsp3) is 0.500. The number of nitrogens with zero attached hydrogens (tertiary/aromatic N) is 3. The third kappa shape index (κ3) is 1.70. The van der Waals surface area contributed by atoms with Crippen molar-refractivity contribution in [2.75, 3.05) is 13.1 Å². The van der Waals surface area contributed by atoms with Gasteiger partial charge in [-0.25, -0.2) is 4.98 Å². The van der Waals surface area contributed by atoms with Crippen LogP contribution in [0.2, 0.25) is 0 Å². The maximum atomic E-state index is 10.7. The predicted molar refractivity (Wildman–Crippen MR) is 46.7 cm³/mol. The van der Waals surface area contributed by atoms with Gasteiger partial charge in [0.1, 0.15) is 5.82 Å². The highest BCUT2D eigenvalue weighted by Gasteiger charge is 2.17. The van der Waals surface area contributed by atoms with E-state index >= 15 is 0 Å². The molecule has 1 aliphatic rings. The first-order valence-corrected chi connectivity index (χ1v) is 4.26. The lowest BCUT2D eigenvalue weighted by atomic mass is 10.3. The Hall–Kier alpha value is -1.36. The second-order valence-corrected chi connectivity index (χ2v) is 3.21. The first-order valence-electron chi connectivity index (χ1n) is 4.26. The molecule has 0 unspecified atom stereocenters. The van der Waals surface area contributed by atoms with Crippen LogP contribution < -0.4 is 5.73 Å². The number of carbonyl (C=O) groups excluding carboxylic acids is 1. The van der Waals surface area contributed by atoms with Crippen LogP contribution >= 0.6 is 0 Å². The number of hydrogen-bond acceptors (Lipinski definition) is 3. The number of fused-ring (bicyclic) bond motifs is 1. The summed E-state index contributed by atoms with van der Waals surface area (Å²) in [7, 11) is 0. The van der Waals surface area contributed by atoms with Crippen molar-refractivity contribution >= 4 is 5.91 Å². The van der Waals surface area contributed by atoms with Gasteiger partial charge < -0.3 is 10.3 Å². The number of carbonyl (C=O) groups is 1. The van der Waals surface area contributed by atoms with E-state index in [4.69, 9.17) is 5.73 Å². The quantitative estimate of drug-likeness (QED) is 0.647. The third-order valence-corrected chi connectivity index (χ3v) is 2.20. The summed E-state index contributed by atoms with van der Waals surface area (Å²) in [5.74, 6) is 0.729. The van der Waals surface area contributed by atoms with Crippen LogP contribution in [0.4, 0.5) is 0 Å². The molecule has 0 radical (unpaired) electrons. The van der Waals surface area contributed by atoms with Gasteiger partial charge in [-0.3, -0.25) is 9.69 Å². The molecule has 70 valence electrons. The van der Waals surface area contributed by atoms with Gasteiger partial charge >= 0.3 is 0 Å². The molecule has 1 aromatic heterocycles. The van der Waals surface area contributed by atoms with Crippen molar-refractivity contribution in [3.8, 4) is 0 Å². The van der Waals surface area contributed by atoms with Gasteiger partial charge in [0.15, 0.2) is 0 Å². The van der Waals surface area contributed by atoms with Crippen LogP contribution in [0.25, 0.3) is 0 Å². The number of hydrogen-bond donors (Lipinski definition) is 1. The summed E-state index contributed by atoms with van der Waals surface area (Å²) in [4.78, 5) is 16.9. The van der Waals surface area contributed by atoms with Crippen LogP contribution in [0, 0.1) is 0 Å². The highest BCUT2D eigenvalue weighted by atomic mass is 16.1. The van der Waals surface area contributed by atoms with Crippen LogP contribution in [-0.4, -0.2) is 33.4 Å². The molecule has 2 heterocycles. The van der Waals surface area contributed by atoms with Gasteiger partial charge in [-0.2, -0.15) is 0 Å². The van der Waals surface area contributed by atoms with Gasteiger partial charge in [0.25, 0.3) is 0 Å². The van der Waals surface area contributed by atoms with Crippen molar-refractivity contribution in [3.63, 3.8) is 0 Å². The van der Waals surface area contributed by atoms with Gasteiger partial charge in [0.05, 0.1) is 13.1 Å². The first kappa shape index (κ1) is 8.25. The third-order valence-electron chi connectivity index (χ3n) is 2.20. The Morgan fingerprint density at radius 2 is 2.46 bits per heavy atom. The van der Waals surface area contributed by atoms with E-state index < -0.39 is 0 Å². The largest absolute Gasteiger partial charge is 0.369 e. The normalized spacial score (nSPS) is 16.9. The van der Waals surface area contributed by atoms with Crippen LogP contribution in [0.3, 0.4) is 0 Å². The number of amides is 1. The highest BCUT2D eigenvalue weighted by molar-refractivity contribution is 5.75.